The van der Waals surface area contributed by atoms with Crippen molar-refractivity contribution in [1.82, 2.24) is 10.2 Å². The molecule has 2 rings (SSSR count). The molecular formula is C9H10N2O2. The van der Waals surface area contributed by atoms with Gasteiger partial charge in [-0.05, 0) is 18.9 Å². The highest BCUT2D eigenvalue weighted by Gasteiger charge is 2.22. The number of carbonyl (C=O) groups is 1. The van der Waals surface area contributed by atoms with Crippen molar-refractivity contribution in [3.8, 4) is 0 Å². The third-order valence-corrected chi connectivity index (χ3v) is 2.44. The summed E-state index contributed by atoms with van der Waals surface area (Å²) in [5.74, 6) is -0.498. The minimum atomic E-state index is -0.935. The Hall–Kier alpha value is -1.45. The van der Waals surface area contributed by atoms with Crippen LogP contribution < -0.4 is 0 Å². The van der Waals surface area contributed by atoms with Gasteiger partial charge in [0.2, 0.25) is 0 Å². The summed E-state index contributed by atoms with van der Waals surface area (Å²) in [5.41, 5.74) is 1.06. The Morgan fingerprint density at radius 3 is 2.85 bits per heavy atom. The minimum Gasteiger partial charge on any atom is -0.478 e. The van der Waals surface area contributed by atoms with Crippen LogP contribution in [0.1, 0.15) is 41.2 Å². The standard InChI is InChI=1S/C9H10N2O2/c12-9(13)7-4-8(11-10-5-7)6-2-1-3-6/h4-6H,1-3H2,(H,12,13). The van der Waals surface area contributed by atoms with E-state index in [9.17, 15) is 4.79 Å². The van der Waals surface area contributed by atoms with Crippen molar-refractivity contribution in [2.45, 2.75) is 25.2 Å². The van der Waals surface area contributed by atoms with Crippen LogP contribution in [0.3, 0.4) is 0 Å². The van der Waals surface area contributed by atoms with Gasteiger partial charge in [0.25, 0.3) is 0 Å². The summed E-state index contributed by atoms with van der Waals surface area (Å²) >= 11 is 0. The number of rotatable bonds is 2. The molecule has 1 N–H and O–H groups in total. The molecule has 0 aliphatic heterocycles. The summed E-state index contributed by atoms with van der Waals surface area (Å²) in [7, 11) is 0. The fourth-order valence-corrected chi connectivity index (χ4v) is 1.40. The third-order valence-electron chi connectivity index (χ3n) is 2.44. The first-order valence-electron chi connectivity index (χ1n) is 4.33. The van der Waals surface area contributed by atoms with E-state index in [0.29, 0.717) is 5.92 Å². The van der Waals surface area contributed by atoms with Gasteiger partial charge in [0, 0.05) is 5.92 Å². The highest BCUT2D eigenvalue weighted by atomic mass is 16.4. The Morgan fingerprint density at radius 2 is 2.31 bits per heavy atom. The average molecular weight is 178 g/mol. The maximum atomic E-state index is 10.6. The van der Waals surface area contributed by atoms with Gasteiger partial charge < -0.3 is 5.11 Å². The van der Waals surface area contributed by atoms with Gasteiger partial charge >= 0.3 is 5.97 Å². The van der Waals surface area contributed by atoms with Crippen LogP contribution in [0.2, 0.25) is 0 Å². The van der Waals surface area contributed by atoms with Crippen LogP contribution in [0.15, 0.2) is 12.3 Å². The molecule has 1 heterocycles. The van der Waals surface area contributed by atoms with E-state index >= 15 is 0 Å². The SMILES string of the molecule is O=C(O)c1cnnc(C2CCC2)c1. The fourth-order valence-electron chi connectivity index (χ4n) is 1.40. The lowest BCUT2D eigenvalue weighted by molar-refractivity contribution is 0.0696. The van der Waals surface area contributed by atoms with E-state index in [2.05, 4.69) is 10.2 Å². The summed E-state index contributed by atoms with van der Waals surface area (Å²) in [6, 6.07) is 1.62. The third kappa shape index (κ3) is 1.52. The van der Waals surface area contributed by atoms with Crippen molar-refractivity contribution in [3.63, 3.8) is 0 Å². The van der Waals surface area contributed by atoms with Crippen molar-refractivity contribution in [2.24, 2.45) is 0 Å². The Balaban J connectivity index is 2.26. The minimum absolute atomic E-state index is 0.233. The smallest absolute Gasteiger partial charge is 0.337 e. The number of hydrogen-bond acceptors (Lipinski definition) is 3. The lowest BCUT2D eigenvalue weighted by atomic mass is 9.82. The van der Waals surface area contributed by atoms with Gasteiger partial charge in [-0.1, -0.05) is 6.42 Å². The Labute approximate surface area is 75.6 Å². The summed E-state index contributed by atoms with van der Waals surface area (Å²) in [6.45, 7) is 0. The van der Waals surface area contributed by atoms with Gasteiger partial charge in [-0.2, -0.15) is 10.2 Å². The second kappa shape index (κ2) is 3.12. The van der Waals surface area contributed by atoms with Gasteiger partial charge in [0.1, 0.15) is 0 Å². The zero-order chi connectivity index (χ0) is 9.26. The van der Waals surface area contributed by atoms with Crippen LogP contribution >= 0.6 is 0 Å². The van der Waals surface area contributed by atoms with Crippen LogP contribution in [-0.2, 0) is 0 Å². The number of carboxylic acid groups (broad SMARTS) is 1. The summed E-state index contributed by atoms with van der Waals surface area (Å²) in [6.07, 6.45) is 4.71. The molecular weight excluding hydrogens is 168 g/mol. The Bertz CT molecular complexity index is 334. The van der Waals surface area contributed by atoms with E-state index < -0.39 is 5.97 Å². The van der Waals surface area contributed by atoms with Crippen LogP contribution in [0.5, 0.6) is 0 Å². The second-order valence-corrected chi connectivity index (χ2v) is 3.30. The quantitative estimate of drug-likeness (QED) is 0.744. The molecule has 4 nitrogen and oxygen atoms in total. The molecule has 0 bridgehead atoms. The number of aromatic carboxylic acids is 1. The lowest BCUT2D eigenvalue weighted by Gasteiger charge is -2.23. The fraction of sp³-hybridized carbons (Fsp3) is 0.444. The molecule has 13 heavy (non-hydrogen) atoms. The molecule has 0 radical (unpaired) electrons. The van der Waals surface area contributed by atoms with Gasteiger partial charge in [-0.3, -0.25) is 0 Å². The molecule has 1 aromatic heterocycles. The molecule has 0 amide bonds. The number of nitrogens with zero attached hydrogens (tertiary/aromatic N) is 2. The van der Waals surface area contributed by atoms with E-state index in [4.69, 9.17) is 5.11 Å². The zero-order valence-corrected chi connectivity index (χ0v) is 7.10. The summed E-state index contributed by atoms with van der Waals surface area (Å²) in [4.78, 5) is 10.6. The number of hydrogen-bond donors (Lipinski definition) is 1. The molecule has 1 saturated carbocycles. The zero-order valence-electron chi connectivity index (χ0n) is 7.10. The average Bonchev–Trinajstić information content (AvgIpc) is 2.01. The molecule has 0 aromatic carbocycles. The maximum absolute atomic E-state index is 10.6. The molecule has 1 fully saturated rings. The molecule has 0 atom stereocenters. The van der Waals surface area contributed by atoms with E-state index in [0.717, 1.165) is 18.5 Å². The van der Waals surface area contributed by atoms with Crippen molar-refractivity contribution < 1.29 is 9.90 Å². The Kier molecular flexibility index (Phi) is 1.96. The maximum Gasteiger partial charge on any atom is 0.337 e. The van der Waals surface area contributed by atoms with Crippen LogP contribution in [0, 0.1) is 0 Å². The highest BCUT2D eigenvalue weighted by Crippen LogP contribution is 2.34. The first-order valence-corrected chi connectivity index (χ1v) is 4.33. The lowest BCUT2D eigenvalue weighted by Crippen LogP contribution is -2.12. The van der Waals surface area contributed by atoms with Crippen molar-refractivity contribution >= 4 is 5.97 Å². The largest absolute Gasteiger partial charge is 0.478 e. The predicted molar refractivity (Wildman–Crippen MR) is 45.6 cm³/mol. The first-order chi connectivity index (χ1) is 6.27. The van der Waals surface area contributed by atoms with Crippen molar-refractivity contribution in [1.29, 1.82) is 0 Å². The van der Waals surface area contributed by atoms with Crippen molar-refractivity contribution in [3.05, 3.63) is 23.5 Å². The normalized spacial score (nSPS) is 16.6. The summed E-state index contributed by atoms with van der Waals surface area (Å²) < 4.78 is 0. The summed E-state index contributed by atoms with van der Waals surface area (Å²) in [5, 5.41) is 16.3. The molecule has 1 aliphatic carbocycles. The number of aromatic nitrogens is 2. The topological polar surface area (TPSA) is 63.1 Å². The van der Waals surface area contributed by atoms with E-state index in [1.54, 1.807) is 6.07 Å². The van der Waals surface area contributed by atoms with E-state index in [1.807, 2.05) is 0 Å². The van der Waals surface area contributed by atoms with Gasteiger partial charge in [-0.25, -0.2) is 4.79 Å². The molecule has 0 spiro atoms. The van der Waals surface area contributed by atoms with E-state index in [1.165, 1.54) is 12.6 Å². The molecule has 1 aromatic rings. The highest BCUT2D eigenvalue weighted by molar-refractivity contribution is 5.87. The molecule has 0 saturated heterocycles. The predicted octanol–water partition coefficient (Wildman–Crippen LogP) is 1.44. The Morgan fingerprint density at radius 1 is 1.54 bits per heavy atom. The first kappa shape index (κ1) is 8.16. The van der Waals surface area contributed by atoms with Gasteiger partial charge in [0.15, 0.2) is 0 Å². The van der Waals surface area contributed by atoms with Crippen LogP contribution in [0.4, 0.5) is 0 Å². The van der Waals surface area contributed by atoms with E-state index in [-0.39, 0.29) is 5.56 Å². The molecule has 4 heteroatoms. The molecule has 1 aliphatic rings. The number of carboxylic acids is 1. The second-order valence-electron chi connectivity index (χ2n) is 3.30. The molecule has 0 unspecified atom stereocenters. The van der Waals surface area contributed by atoms with Crippen LogP contribution in [-0.4, -0.2) is 21.3 Å². The van der Waals surface area contributed by atoms with Gasteiger partial charge in [0.05, 0.1) is 17.5 Å². The van der Waals surface area contributed by atoms with Crippen LogP contribution in [0.25, 0.3) is 0 Å². The van der Waals surface area contributed by atoms with Gasteiger partial charge in [-0.15, -0.1) is 0 Å². The molecule has 68 valence electrons. The van der Waals surface area contributed by atoms with Crippen molar-refractivity contribution in [2.75, 3.05) is 0 Å². The monoisotopic (exact) mass is 178 g/mol.